The van der Waals surface area contributed by atoms with Gasteiger partial charge in [-0.25, -0.2) is 14.8 Å². The monoisotopic (exact) mass is 602 g/mol. The predicted molar refractivity (Wildman–Crippen MR) is 138 cm³/mol. The van der Waals surface area contributed by atoms with E-state index < -0.39 is 25.5 Å². The highest BCUT2D eigenvalue weighted by Crippen LogP contribution is 2.30. The number of sulfonamides is 1. The van der Waals surface area contributed by atoms with Gasteiger partial charge < -0.3 is 9.47 Å². The smallest absolute Gasteiger partial charge is 0.280 e. The van der Waals surface area contributed by atoms with Gasteiger partial charge in [-0.3, -0.25) is 15.0 Å². The summed E-state index contributed by atoms with van der Waals surface area (Å²) in [4.78, 5) is 12.3. The number of fused-ring (bicyclic) bond motifs is 1. The van der Waals surface area contributed by atoms with Crippen molar-refractivity contribution < 1.29 is 22.8 Å². The number of nitrogens with two attached hydrogens (primary N) is 1. The number of non-ortho nitro benzene ring substituents is 1. The number of halogens is 2. The summed E-state index contributed by atoms with van der Waals surface area (Å²) < 4.78 is 40.5. The van der Waals surface area contributed by atoms with E-state index in [0.29, 0.717) is 29.7 Å². The first kappa shape index (κ1) is 27.8. The maximum atomic E-state index is 13.3. The zero-order valence-corrected chi connectivity index (χ0v) is 22.1. The predicted octanol–water partition coefficient (Wildman–Crippen LogP) is 2.67. The number of aromatic nitrogens is 2. The van der Waals surface area contributed by atoms with Crippen LogP contribution in [0.5, 0.6) is 5.75 Å². The third-order valence-electron chi connectivity index (χ3n) is 5.38. The van der Waals surface area contributed by atoms with E-state index in [-0.39, 0.29) is 24.8 Å². The van der Waals surface area contributed by atoms with Gasteiger partial charge in [0.2, 0.25) is 0 Å². The number of benzene rings is 1. The molecule has 1 aromatic carbocycles. The summed E-state index contributed by atoms with van der Waals surface area (Å²) in [7, 11) is -4.37. The molecular weight excluding hydrogens is 580 g/mol. The van der Waals surface area contributed by atoms with E-state index in [1.807, 2.05) is 12.1 Å². The van der Waals surface area contributed by atoms with E-state index in [1.165, 1.54) is 18.2 Å². The van der Waals surface area contributed by atoms with Gasteiger partial charge in [-0.1, -0.05) is 15.9 Å². The molecule has 0 amide bonds. The highest BCUT2D eigenvalue weighted by atomic mass is 79.9. The van der Waals surface area contributed by atoms with Gasteiger partial charge in [0.1, 0.15) is 17.3 Å². The second-order valence-corrected chi connectivity index (χ2v) is 10.3. The first-order valence-corrected chi connectivity index (χ1v) is 12.8. The minimum Gasteiger partial charge on any atom is -0.491 e. The van der Waals surface area contributed by atoms with Gasteiger partial charge in [-0.2, -0.15) is 13.5 Å². The molecule has 0 atom stereocenters. The summed E-state index contributed by atoms with van der Waals surface area (Å²) >= 11 is 3.39. The molecule has 1 aliphatic rings. The van der Waals surface area contributed by atoms with Crippen LogP contribution in [0.15, 0.2) is 58.3 Å². The van der Waals surface area contributed by atoms with Crippen molar-refractivity contribution in [2.45, 2.75) is 4.90 Å². The first-order chi connectivity index (χ1) is 16.8. The number of hydrogen-bond acceptors (Lipinski definition) is 9. The third kappa shape index (κ3) is 6.32. The minimum absolute atomic E-state index is 0. The van der Waals surface area contributed by atoms with Crippen LogP contribution in [0.25, 0.3) is 11.6 Å². The molecule has 36 heavy (non-hydrogen) atoms. The normalized spacial score (nSPS) is 14.6. The zero-order chi connectivity index (χ0) is 25.0. The van der Waals surface area contributed by atoms with Crippen molar-refractivity contribution in [3.8, 4) is 5.75 Å². The number of nitro benzene ring substituents is 1. The standard InChI is InChI=1S/C21H23BrN6O6S.ClH/c22-17-4-5-26-19(13-17)16(15-24-26)3-6-27(23)35(31,32)21-14-18(28(29)30)1-2-20(21)34-12-9-25-7-10-33-11-8-25;/h1-6,13-15H,7-12,23H2;1H. The minimum atomic E-state index is -4.37. The Morgan fingerprint density at radius 1 is 1.28 bits per heavy atom. The van der Waals surface area contributed by atoms with E-state index in [2.05, 4.69) is 25.9 Å². The molecule has 2 aromatic heterocycles. The van der Waals surface area contributed by atoms with Crippen LogP contribution in [-0.4, -0.2) is 71.7 Å². The molecule has 15 heteroatoms. The lowest BCUT2D eigenvalue weighted by molar-refractivity contribution is -0.385. The average Bonchev–Trinajstić information content (AvgIpc) is 3.25. The van der Waals surface area contributed by atoms with Gasteiger partial charge in [0.05, 0.1) is 29.9 Å². The molecule has 0 bridgehead atoms. The van der Waals surface area contributed by atoms with Gasteiger partial charge in [0.25, 0.3) is 15.7 Å². The molecule has 12 nitrogen and oxygen atoms in total. The van der Waals surface area contributed by atoms with Crippen LogP contribution in [0.2, 0.25) is 0 Å². The second kappa shape index (κ2) is 12.0. The summed E-state index contributed by atoms with van der Waals surface area (Å²) in [5, 5.41) is 15.5. The lowest BCUT2D eigenvalue weighted by Gasteiger charge is -2.26. The molecule has 3 heterocycles. The lowest BCUT2D eigenvalue weighted by atomic mass is 10.2. The van der Waals surface area contributed by atoms with Crippen molar-refractivity contribution in [3.63, 3.8) is 0 Å². The maximum Gasteiger partial charge on any atom is 0.280 e. The molecule has 0 radical (unpaired) electrons. The van der Waals surface area contributed by atoms with Gasteiger partial charge in [0, 0.05) is 54.2 Å². The van der Waals surface area contributed by atoms with Crippen LogP contribution in [0, 0.1) is 10.1 Å². The zero-order valence-electron chi connectivity index (χ0n) is 18.9. The van der Waals surface area contributed by atoms with E-state index in [9.17, 15) is 18.5 Å². The summed E-state index contributed by atoms with van der Waals surface area (Å²) in [6, 6.07) is 7.04. The Hall–Kier alpha value is -2.75. The fourth-order valence-electron chi connectivity index (χ4n) is 3.49. The quantitative estimate of drug-likeness (QED) is 0.222. The molecule has 1 fully saturated rings. The van der Waals surface area contributed by atoms with Crippen LogP contribution in [0.4, 0.5) is 5.69 Å². The Balaban J connectivity index is 0.00000361. The summed E-state index contributed by atoms with van der Waals surface area (Å²) in [5.74, 6) is 5.87. The van der Waals surface area contributed by atoms with Crippen molar-refractivity contribution in [2.75, 3.05) is 39.5 Å². The van der Waals surface area contributed by atoms with Gasteiger partial charge in [-0.05, 0) is 24.3 Å². The number of rotatable bonds is 9. The van der Waals surface area contributed by atoms with Gasteiger partial charge in [0.15, 0.2) is 0 Å². The van der Waals surface area contributed by atoms with Crippen LogP contribution in [-0.2, 0) is 14.8 Å². The highest BCUT2D eigenvalue weighted by molar-refractivity contribution is 9.10. The van der Waals surface area contributed by atoms with Crippen molar-refractivity contribution in [2.24, 2.45) is 5.84 Å². The summed E-state index contributed by atoms with van der Waals surface area (Å²) in [5.41, 5.74) is 0.954. The van der Waals surface area contributed by atoms with E-state index in [4.69, 9.17) is 15.3 Å². The number of hydrazine groups is 1. The summed E-state index contributed by atoms with van der Waals surface area (Å²) in [6.07, 6.45) is 5.95. The van der Waals surface area contributed by atoms with Crippen LogP contribution >= 0.6 is 28.3 Å². The number of ether oxygens (including phenoxy) is 2. The Morgan fingerprint density at radius 3 is 2.75 bits per heavy atom. The molecule has 0 saturated carbocycles. The van der Waals surface area contributed by atoms with Crippen molar-refractivity contribution in [1.29, 1.82) is 0 Å². The lowest BCUT2D eigenvalue weighted by Crippen LogP contribution is -2.38. The molecule has 0 unspecified atom stereocenters. The molecule has 3 aromatic rings. The number of pyridine rings is 1. The second-order valence-electron chi connectivity index (χ2n) is 7.62. The Morgan fingerprint density at radius 2 is 2.03 bits per heavy atom. The molecule has 1 saturated heterocycles. The highest BCUT2D eigenvalue weighted by Gasteiger charge is 2.27. The average molecular weight is 604 g/mol. The van der Waals surface area contributed by atoms with E-state index in [1.54, 1.807) is 16.9 Å². The van der Waals surface area contributed by atoms with Gasteiger partial charge >= 0.3 is 0 Å². The maximum absolute atomic E-state index is 13.3. The van der Waals surface area contributed by atoms with Crippen molar-refractivity contribution in [1.82, 2.24) is 18.9 Å². The molecule has 1 aliphatic heterocycles. The van der Waals surface area contributed by atoms with Gasteiger partial charge in [-0.15, -0.1) is 12.4 Å². The Labute approximate surface area is 222 Å². The first-order valence-electron chi connectivity index (χ1n) is 10.6. The molecule has 4 rings (SSSR count). The largest absolute Gasteiger partial charge is 0.491 e. The van der Waals surface area contributed by atoms with Crippen LogP contribution < -0.4 is 10.6 Å². The number of nitro groups is 1. The van der Waals surface area contributed by atoms with Crippen LogP contribution in [0.3, 0.4) is 0 Å². The Kier molecular flexibility index (Phi) is 9.27. The molecule has 0 aliphatic carbocycles. The number of morpholine rings is 1. The Bertz CT molecular complexity index is 1360. The van der Waals surface area contributed by atoms with Crippen LogP contribution in [0.1, 0.15) is 5.56 Å². The molecule has 2 N–H and O–H groups in total. The summed E-state index contributed by atoms with van der Waals surface area (Å²) in [6.45, 7) is 3.48. The third-order valence-corrected chi connectivity index (χ3v) is 7.42. The van der Waals surface area contributed by atoms with E-state index in [0.717, 1.165) is 35.3 Å². The molecule has 0 spiro atoms. The van der Waals surface area contributed by atoms with Crippen molar-refractivity contribution >= 4 is 55.6 Å². The number of nitrogens with zero attached hydrogens (tertiary/aromatic N) is 5. The molecular formula is C21H24BrClN6O6S. The topological polar surface area (TPSA) is 146 Å². The van der Waals surface area contributed by atoms with E-state index >= 15 is 0 Å². The molecule has 194 valence electrons. The van der Waals surface area contributed by atoms with Crippen molar-refractivity contribution in [3.05, 3.63) is 69.1 Å². The SMILES string of the molecule is Cl.NN(C=Cc1cnn2ccc(Br)cc12)S(=O)(=O)c1cc([N+](=O)[O-])ccc1OCCN1CCOCC1. The fourth-order valence-corrected chi connectivity index (χ4v) is 4.92. The fraction of sp³-hybridized carbons (Fsp3) is 0.286. The number of hydrogen-bond donors (Lipinski definition) is 1.